The van der Waals surface area contributed by atoms with E-state index in [9.17, 15) is 0 Å². The van der Waals surface area contributed by atoms with Crippen molar-refractivity contribution in [3.8, 4) is 0 Å². The standard InChI is InChI=1S/C17H32N2O2/c1-15-5-2-3-9-19(15)10-4-8-18-16-6-11-21-17(13-16)7-12-20-14-17/h15-16,18H,2-14H2,1H3. The second kappa shape index (κ2) is 7.40. The van der Waals surface area contributed by atoms with Crippen LogP contribution in [0.4, 0.5) is 0 Å². The Bertz CT molecular complexity index is 318. The smallest absolute Gasteiger partial charge is 0.0951 e. The first-order valence-electron chi connectivity index (χ1n) is 8.97. The Hall–Kier alpha value is -0.160. The zero-order valence-corrected chi connectivity index (χ0v) is 13.6. The summed E-state index contributed by atoms with van der Waals surface area (Å²) >= 11 is 0. The Balaban J connectivity index is 1.33. The van der Waals surface area contributed by atoms with Gasteiger partial charge in [0.05, 0.1) is 12.2 Å². The Kier molecular flexibility index (Phi) is 5.54. The maximum absolute atomic E-state index is 6.00. The minimum atomic E-state index is 0.0390. The average molecular weight is 296 g/mol. The molecule has 0 aromatic heterocycles. The maximum atomic E-state index is 6.00. The van der Waals surface area contributed by atoms with Crippen molar-refractivity contribution >= 4 is 0 Å². The lowest BCUT2D eigenvalue weighted by Crippen LogP contribution is -2.48. The summed E-state index contributed by atoms with van der Waals surface area (Å²) < 4.78 is 11.5. The first kappa shape index (κ1) is 15.7. The SMILES string of the molecule is CC1CCCCN1CCCNC1CCOC2(CCOC2)C1. The predicted molar refractivity (Wildman–Crippen MR) is 84.6 cm³/mol. The largest absolute Gasteiger partial charge is 0.378 e. The lowest BCUT2D eigenvalue weighted by atomic mass is 9.89. The van der Waals surface area contributed by atoms with Gasteiger partial charge in [-0.1, -0.05) is 6.42 Å². The number of hydrogen-bond acceptors (Lipinski definition) is 4. The lowest BCUT2D eigenvalue weighted by Gasteiger charge is -2.38. The van der Waals surface area contributed by atoms with E-state index in [1.54, 1.807) is 0 Å². The van der Waals surface area contributed by atoms with Crippen LogP contribution >= 0.6 is 0 Å². The summed E-state index contributed by atoms with van der Waals surface area (Å²) in [5, 5.41) is 3.76. The topological polar surface area (TPSA) is 33.7 Å². The van der Waals surface area contributed by atoms with Gasteiger partial charge in [0.25, 0.3) is 0 Å². The summed E-state index contributed by atoms with van der Waals surface area (Å²) in [7, 11) is 0. The number of hydrogen-bond donors (Lipinski definition) is 1. The van der Waals surface area contributed by atoms with E-state index in [-0.39, 0.29) is 5.60 Å². The van der Waals surface area contributed by atoms with Crippen LogP contribution in [0, 0.1) is 0 Å². The fraction of sp³-hybridized carbons (Fsp3) is 1.00. The van der Waals surface area contributed by atoms with Crippen LogP contribution in [0.3, 0.4) is 0 Å². The summed E-state index contributed by atoms with van der Waals surface area (Å²) in [4.78, 5) is 2.67. The highest BCUT2D eigenvalue weighted by Gasteiger charge is 2.40. The molecule has 4 heteroatoms. The summed E-state index contributed by atoms with van der Waals surface area (Å²) in [6, 6.07) is 1.42. The van der Waals surface area contributed by atoms with E-state index in [0.717, 1.165) is 51.7 Å². The second-order valence-corrected chi connectivity index (χ2v) is 7.21. The zero-order chi connectivity index (χ0) is 14.5. The summed E-state index contributed by atoms with van der Waals surface area (Å²) in [5.41, 5.74) is 0.0390. The second-order valence-electron chi connectivity index (χ2n) is 7.21. The van der Waals surface area contributed by atoms with Crippen LogP contribution < -0.4 is 5.32 Å². The molecule has 0 radical (unpaired) electrons. The number of likely N-dealkylation sites (tertiary alicyclic amines) is 1. The fourth-order valence-electron chi connectivity index (χ4n) is 4.14. The van der Waals surface area contributed by atoms with Crippen molar-refractivity contribution in [3.63, 3.8) is 0 Å². The summed E-state index contributed by atoms with van der Waals surface area (Å²) in [5.74, 6) is 0. The molecule has 0 saturated carbocycles. The van der Waals surface area contributed by atoms with Crippen molar-refractivity contribution in [2.24, 2.45) is 0 Å². The van der Waals surface area contributed by atoms with Crippen molar-refractivity contribution < 1.29 is 9.47 Å². The Labute approximate surface area is 129 Å². The molecular weight excluding hydrogens is 264 g/mol. The van der Waals surface area contributed by atoms with E-state index in [1.165, 1.54) is 38.8 Å². The van der Waals surface area contributed by atoms with Crippen molar-refractivity contribution in [2.75, 3.05) is 39.5 Å². The third-order valence-electron chi connectivity index (χ3n) is 5.56. The molecule has 3 fully saturated rings. The van der Waals surface area contributed by atoms with E-state index < -0.39 is 0 Å². The number of nitrogens with zero attached hydrogens (tertiary/aromatic N) is 1. The molecule has 122 valence electrons. The van der Waals surface area contributed by atoms with Gasteiger partial charge in [-0.05, 0) is 58.7 Å². The van der Waals surface area contributed by atoms with Crippen LogP contribution in [0.1, 0.15) is 51.9 Å². The number of rotatable bonds is 5. The van der Waals surface area contributed by atoms with Crippen LogP contribution in [0.5, 0.6) is 0 Å². The van der Waals surface area contributed by atoms with Gasteiger partial charge in [-0.2, -0.15) is 0 Å². The molecule has 0 aliphatic carbocycles. The number of ether oxygens (including phenoxy) is 2. The molecule has 3 unspecified atom stereocenters. The first-order chi connectivity index (χ1) is 10.3. The molecule has 0 amide bonds. The van der Waals surface area contributed by atoms with Gasteiger partial charge >= 0.3 is 0 Å². The van der Waals surface area contributed by atoms with Gasteiger partial charge in [-0.3, -0.25) is 0 Å². The minimum absolute atomic E-state index is 0.0390. The molecule has 3 saturated heterocycles. The molecule has 21 heavy (non-hydrogen) atoms. The van der Waals surface area contributed by atoms with Gasteiger partial charge in [0.1, 0.15) is 0 Å². The monoisotopic (exact) mass is 296 g/mol. The van der Waals surface area contributed by atoms with Gasteiger partial charge in [0.2, 0.25) is 0 Å². The van der Waals surface area contributed by atoms with Crippen LogP contribution in [0.25, 0.3) is 0 Å². The van der Waals surface area contributed by atoms with Crippen molar-refractivity contribution in [1.29, 1.82) is 0 Å². The minimum Gasteiger partial charge on any atom is -0.378 e. The highest BCUT2D eigenvalue weighted by Crippen LogP contribution is 2.32. The van der Waals surface area contributed by atoms with Crippen LogP contribution in [0.15, 0.2) is 0 Å². The average Bonchev–Trinajstić information content (AvgIpc) is 2.93. The van der Waals surface area contributed by atoms with Crippen LogP contribution in [-0.4, -0.2) is 62.0 Å². The van der Waals surface area contributed by atoms with Crippen molar-refractivity contribution in [1.82, 2.24) is 10.2 Å². The Morgan fingerprint density at radius 3 is 3.00 bits per heavy atom. The van der Waals surface area contributed by atoms with Gasteiger partial charge in [-0.25, -0.2) is 0 Å². The van der Waals surface area contributed by atoms with Crippen LogP contribution in [0.2, 0.25) is 0 Å². The molecule has 1 N–H and O–H groups in total. The third-order valence-corrected chi connectivity index (χ3v) is 5.56. The summed E-state index contributed by atoms with van der Waals surface area (Å²) in [6.45, 7) is 8.66. The first-order valence-corrected chi connectivity index (χ1v) is 8.97. The Morgan fingerprint density at radius 1 is 1.24 bits per heavy atom. The molecule has 1 spiro atoms. The molecule has 3 heterocycles. The Morgan fingerprint density at radius 2 is 2.19 bits per heavy atom. The normalized spacial score (nSPS) is 38.1. The van der Waals surface area contributed by atoms with E-state index in [1.807, 2.05) is 0 Å². The third kappa shape index (κ3) is 4.19. The predicted octanol–water partition coefficient (Wildman–Crippen LogP) is 2.18. The maximum Gasteiger partial charge on any atom is 0.0951 e. The molecule has 0 aromatic rings. The van der Waals surface area contributed by atoms with E-state index >= 15 is 0 Å². The lowest BCUT2D eigenvalue weighted by molar-refractivity contribution is -0.0892. The molecule has 3 rings (SSSR count). The van der Waals surface area contributed by atoms with Gasteiger partial charge in [0.15, 0.2) is 0 Å². The van der Waals surface area contributed by atoms with Crippen molar-refractivity contribution in [2.45, 2.75) is 69.6 Å². The molecular formula is C17H32N2O2. The molecule has 4 nitrogen and oxygen atoms in total. The molecule has 3 aliphatic rings. The molecule has 3 aliphatic heterocycles. The fourth-order valence-corrected chi connectivity index (χ4v) is 4.14. The quantitative estimate of drug-likeness (QED) is 0.789. The molecule has 0 aromatic carbocycles. The van der Waals surface area contributed by atoms with Crippen molar-refractivity contribution in [3.05, 3.63) is 0 Å². The highest BCUT2D eigenvalue weighted by molar-refractivity contribution is 4.92. The van der Waals surface area contributed by atoms with E-state index in [0.29, 0.717) is 6.04 Å². The van der Waals surface area contributed by atoms with Gasteiger partial charge in [-0.15, -0.1) is 0 Å². The van der Waals surface area contributed by atoms with E-state index in [4.69, 9.17) is 9.47 Å². The number of nitrogens with one attached hydrogen (secondary N) is 1. The zero-order valence-electron chi connectivity index (χ0n) is 13.6. The highest BCUT2D eigenvalue weighted by atomic mass is 16.6. The van der Waals surface area contributed by atoms with E-state index in [2.05, 4.69) is 17.1 Å². The molecule has 0 bridgehead atoms. The van der Waals surface area contributed by atoms with Gasteiger partial charge in [0, 0.05) is 31.7 Å². The van der Waals surface area contributed by atoms with Crippen LogP contribution in [-0.2, 0) is 9.47 Å². The molecule has 3 atom stereocenters. The van der Waals surface area contributed by atoms with Gasteiger partial charge < -0.3 is 19.7 Å². The summed E-state index contributed by atoms with van der Waals surface area (Å²) in [6.07, 6.45) is 8.83. The number of piperidine rings is 1.